The fourth-order valence-electron chi connectivity index (χ4n) is 1.66. The summed E-state index contributed by atoms with van der Waals surface area (Å²) in [5.41, 5.74) is 5.62. The van der Waals surface area contributed by atoms with Gasteiger partial charge in [-0.1, -0.05) is 0 Å². The molecule has 1 aliphatic rings. The Morgan fingerprint density at radius 1 is 1.80 bits per heavy atom. The number of aromatic nitrogens is 1. The highest BCUT2D eigenvalue weighted by Gasteiger charge is 2.42. The van der Waals surface area contributed by atoms with Crippen LogP contribution in [-0.2, 0) is 4.79 Å². The summed E-state index contributed by atoms with van der Waals surface area (Å²) >= 11 is 1.53. The molecule has 0 bridgehead atoms. The maximum atomic E-state index is 10.9. The zero-order valence-corrected chi connectivity index (χ0v) is 9.25. The minimum atomic E-state index is -1.11. The van der Waals surface area contributed by atoms with Crippen molar-refractivity contribution >= 4 is 22.4 Å². The molecule has 0 saturated carbocycles. The molecule has 1 saturated heterocycles. The lowest BCUT2D eigenvalue weighted by molar-refractivity contribution is -0.142. The van der Waals surface area contributed by atoms with Crippen LogP contribution in [0.5, 0.6) is 0 Å². The Kier molecular flexibility index (Phi) is 2.40. The molecule has 2 rings (SSSR count). The Morgan fingerprint density at radius 2 is 2.53 bits per heavy atom. The predicted molar refractivity (Wildman–Crippen MR) is 58.2 cm³/mol. The van der Waals surface area contributed by atoms with Crippen LogP contribution in [0, 0.1) is 6.92 Å². The zero-order valence-electron chi connectivity index (χ0n) is 8.43. The predicted octanol–water partition coefficient (Wildman–Crippen LogP) is 0.444. The van der Waals surface area contributed by atoms with Gasteiger partial charge in [0.05, 0.1) is 5.69 Å². The third-order valence-electron chi connectivity index (χ3n) is 2.60. The SMILES string of the molecule is Cc1csc(N2CCC(N)(C(=O)O)C2)n1. The largest absolute Gasteiger partial charge is 0.480 e. The van der Waals surface area contributed by atoms with Crippen LogP contribution in [0.1, 0.15) is 12.1 Å². The second kappa shape index (κ2) is 3.46. The number of thiazole rings is 1. The van der Waals surface area contributed by atoms with Crippen LogP contribution in [0.3, 0.4) is 0 Å². The van der Waals surface area contributed by atoms with E-state index >= 15 is 0 Å². The summed E-state index contributed by atoms with van der Waals surface area (Å²) in [6, 6.07) is 0. The Hall–Kier alpha value is -1.14. The molecular weight excluding hydrogens is 214 g/mol. The number of hydrogen-bond acceptors (Lipinski definition) is 5. The van der Waals surface area contributed by atoms with Crippen molar-refractivity contribution in [3.05, 3.63) is 11.1 Å². The molecule has 0 amide bonds. The van der Waals surface area contributed by atoms with Crippen LogP contribution in [0.2, 0.25) is 0 Å². The molecule has 3 N–H and O–H groups in total. The van der Waals surface area contributed by atoms with E-state index in [1.165, 1.54) is 11.3 Å². The molecule has 0 spiro atoms. The van der Waals surface area contributed by atoms with Crippen LogP contribution >= 0.6 is 11.3 Å². The average Bonchev–Trinajstić information content (AvgIpc) is 2.73. The number of aliphatic carboxylic acids is 1. The van der Waals surface area contributed by atoms with Crippen LogP contribution in [-0.4, -0.2) is 34.7 Å². The van der Waals surface area contributed by atoms with Gasteiger partial charge in [-0.2, -0.15) is 0 Å². The van der Waals surface area contributed by atoms with Crippen molar-refractivity contribution in [3.63, 3.8) is 0 Å². The van der Waals surface area contributed by atoms with Gasteiger partial charge in [0.1, 0.15) is 5.54 Å². The fraction of sp³-hybridized carbons (Fsp3) is 0.556. The molecule has 82 valence electrons. The summed E-state index contributed by atoms with van der Waals surface area (Å²) in [6.07, 6.45) is 0.473. The second-order valence-corrected chi connectivity index (χ2v) is 4.74. The minimum Gasteiger partial charge on any atom is -0.480 e. The Morgan fingerprint density at radius 3 is 3.00 bits per heavy atom. The van der Waals surface area contributed by atoms with E-state index in [2.05, 4.69) is 4.98 Å². The van der Waals surface area contributed by atoms with Gasteiger partial charge in [-0.05, 0) is 13.3 Å². The maximum absolute atomic E-state index is 10.9. The highest BCUT2D eigenvalue weighted by Crippen LogP contribution is 2.27. The zero-order chi connectivity index (χ0) is 11.1. The van der Waals surface area contributed by atoms with Crippen molar-refractivity contribution in [3.8, 4) is 0 Å². The lowest BCUT2D eigenvalue weighted by Crippen LogP contribution is -2.50. The van der Waals surface area contributed by atoms with Gasteiger partial charge < -0.3 is 15.7 Å². The summed E-state index contributed by atoms with van der Waals surface area (Å²) in [7, 11) is 0. The van der Waals surface area contributed by atoms with Gasteiger partial charge in [0.25, 0.3) is 0 Å². The highest BCUT2D eigenvalue weighted by molar-refractivity contribution is 7.13. The van der Waals surface area contributed by atoms with E-state index in [0.29, 0.717) is 19.5 Å². The van der Waals surface area contributed by atoms with E-state index in [4.69, 9.17) is 10.8 Å². The number of anilines is 1. The number of nitrogens with zero attached hydrogens (tertiary/aromatic N) is 2. The van der Waals surface area contributed by atoms with Crippen molar-refractivity contribution in [1.29, 1.82) is 0 Å². The quantitative estimate of drug-likeness (QED) is 0.766. The summed E-state index contributed by atoms with van der Waals surface area (Å²) in [5, 5.41) is 11.8. The monoisotopic (exact) mass is 227 g/mol. The number of aryl methyl sites for hydroxylation is 1. The van der Waals surface area contributed by atoms with Crippen LogP contribution in [0.25, 0.3) is 0 Å². The van der Waals surface area contributed by atoms with E-state index in [9.17, 15) is 4.79 Å². The van der Waals surface area contributed by atoms with Crippen molar-refractivity contribution in [2.75, 3.05) is 18.0 Å². The number of rotatable bonds is 2. The van der Waals surface area contributed by atoms with Gasteiger partial charge >= 0.3 is 5.97 Å². The molecule has 0 aliphatic carbocycles. The first-order valence-electron chi connectivity index (χ1n) is 4.71. The molecular formula is C9H13N3O2S. The summed E-state index contributed by atoms with van der Waals surface area (Å²) < 4.78 is 0. The van der Waals surface area contributed by atoms with Crippen molar-refractivity contribution in [1.82, 2.24) is 4.98 Å². The fourth-order valence-corrected chi connectivity index (χ4v) is 2.49. The third-order valence-corrected chi connectivity index (χ3v) is 3.62. The molecule has 15 heavy (non-hydrogen) atoms. The summed E-state index contributed by atoms with van der Waals surface area (Å²) in [5.74, 6) is -0.932. The van der Waals surface area contributed by atoms with E-state index in [1.54, 1.807) is 0 Å². The van der Waals surface area contributed by atoms with Crippen LogP contribution < -0.4 is 10.6 Å². The highest BCUT2D eigenvalue weighted by atomic mass is 32.1. The Labute approximate surface area is 91.5 Å². The Balaban J connectivity index is 2.14. The van der Waals surface area contributed by atoms with Gasteiger partial charge in [0.2, 0.25) is 0 Å². The lowest BCUT2D eigenvalue weighted by Gasteiger charge is -2.19. The smallest absolute Gasteiger partial charge is 0.325 e. The summed E-state index contributed by atoms with van der Waals surface area (Å²) in [4.78, 5) is 17.2. The van der Waals surface area contributed by atoms with Gasteiger partial charge in [0.15, 0.2) is 5.13 Å². The molecule has 6 heteroatoms. The molecule has 0 aromatic carbocycles. The average molecular weight is 227 g/mol. The number of hydrogen-bond donors (Lipinski definition) is 2. The van der Waals surface area contributed by atoms with E-state index < -0.39 is 11.5 Å². The van der Waals surface area contributed by atoms with E-state index in [1.807, 2.05) is 17.2 Å². The standard InChI is InChI=1S/C9H13N3O2S/c1-6-4-15-8(11-6)12-3-2-9(10,5-12)7(13)14/h4H,2-3,5,10H2,1H3,(H,13,14). The van der Waals surface area contributed by atoms with E-state index in [0.717, 1.165) is 10.8 Å². The minimum absolute atomic E-state index is 0.343. The van der Waals surface area contributed by atoms with E-state index in [-0.39, 0.29) is 0 Å². The molecule has 1 aromatic heterocycles. The van der Waals surface area contributed by atoms with Gasteiger partial charge in [-0.25, -0.2) is 4.98 Å². The summed E-state index contributed by atoms with van der Waals surface area (Å²) in [6.45, 7) is 2.92. The number of nitrogens with two attached hydrogens (primary N) is 1. The lowest BCUT2D eigenvalue weighted by atomic mass is 10.0. The van der Waals surface area contributed by atoms with Crippen molar-refractivity contribution in [2.24, 2.45) is 5.73 Å². The van der Waals surface area contributed by atoms with Crippen molar-refractivity contribution in [2.45, 2.75) is 18.9 Å². The number of carbonyl (C=O) groups is 1. The first kappa shape index (κ1) is 10.4. The normalized spacial score (nSPS) is 25.9. The molecule has 1 fully saturated rings. The maximum Gasteiger partial charge on any atom is 0.325 e. The van der Waals surface area contributed by atoms with Gasteiger partial charge in [0, 0.05) is 18.5 Å². The second-order valence-electron chi connectivity index (χ2n) is 3.90. The molecule has 1 aliphatic heterocycles. The number of carboxylic acid groups (broad SMARTS) is 1. The molecule has 0 radical (unpaired) electrons. The molecule has 2 heterocycles. The third kappa shape index (κ3) is 1.82. The Bertz CT molecular complexity index is 392. The van der Waals surface area contributed by atoms with Crippen molar-refractivity contribution < 1.29 is 9.90 Å². The van der Waals surface area contributed by atoms with Gasteiger partial charge in [-0.3, -0.25) is 4.79 Å². The first-order valence-corrected chi connectivity index (χ1v) is 5.58. The first-order chi connectivity index (χ1) is 7.01. The molecule has 1 unspecified atom stereocenters. The molecule has 1 aromatic rings. The van der Waals surface area contributed by atoms with Gasteiger partial charge in [-0.15, -0.1) is 11.3 Å². The van der Waals surface area contributed by atoms with Crippen LogP contribution in [0.15, 0.2) is 5.38 Å². The molecule has 5 nitrogen and oxygen atoms in total. The topological polar surface area (TPSA) is 79.5 Å². The molecule has 1 atom stereocenters. The number of carboxylic acids is 1. The van der Waals surface area contributed by atoms with Crippen LogP contribution in [0.4, 0.5) is 5.13 Å².